The second-order valence-electron chi connectivity index (χ2n) is 5.75. The monoisotopic (exact) mass is 264 g/mol. The van der Waals surface area contributed by atoms with Crippen molar-refractivity contribution in [2.45, 2.75) is 52.1 Å². The number of aromatic nitrogens is 2. The van der Waals surface area contributed by atoms with Gasteiger partial charge in [0, 0.05) is 25.1 Å². The number of aryl methyl sites for hydroxylation is 1. The van der Waals surface area contributed by atoms with Gasteiger partial charge in [-0.2, -0.15) is 0 Å². The number of nitrogen functional groups attached to an aromatic ring is 1. The first kappa shape index (κ1) is 14.1. The third kappa shape index (κ3) is 3.15. The zero-order chi connectivity index (χ0) is 14.0. The summed E-state index contributed by atoms with van der Waals surface area (Å²) in [5, 5.41) is 10.2. The normalized spacial score (nSPS) is 23.7. The van der Waals surface area contributed by atoms with Crippen molar-refractivity contribution in [1.82, 2.24) is 9.97 Å². The number of hydrogen-bond donors (Lipinski definition) is 2. The Morgan fingerprint density at radius 3 is 2.79 bits per heavy atom. The van der Waals surface area contributed by atoms with E-state index in [0.717, 1.165) is 49.4 Å². The largest absolute Gasteiger partial charge is 0.388 e. The van der Waals surface area contributed by atoms with Gasteiger partial charge in [-0.15, -0.1) is 0 Å². The molecule has 5 heteroatoms. The highest BCUT2D eigenvalue weighted by Crippen LogP contribution is 2.28. The van der Waals surface area contributed by atoms with Crippen LogP contribution in [0.2, 0.25) is 0 Å². The fraction of sp³-hybridized carbons (Fsp3) is 0.714. The Hall–Kier alpha value is -1.36. The summed E-state index contributed by atoms with van der Waals surface area (Å²) in [6.45, 7) is 7.45. The zero-order valence-electron chi connectivity index (χ0n) is 12.1. The minimum Gasteiger partial charge on any atom is -0.388 e. The number of β-amino-alcohol motifs (C(OH)–C–C–N with tert-alkyl or cyclic N) is 1. The first-order valence-corrected chi connectivity index (χ1v) is 7.03. The molecule has 0 saturated carbocycles. The molecule has 19 heavy (non-hydrogen) atoms. The summed E-state index contributed by atoms with van der Waals surface area (Å²) in [6, 6.07) is 0. The summed E-state index contributed by atoms with van der Waals surface area (Å²) in [6.07, 6.45) is 3.64. The van der Waals surface area contributed by atoms with E-state index in [1.54, 1.807) is 0 Å². The molecule has 0 spiro atoms. The molecular formula is C14H24N4O. The van der Waals surface area contributed by atoms with Crippen molar-refractivity contribution in [2.24, 2.45) is 0 Å². The van der Waals surface area contributed by atoms with Crippen molar-refractivity contribution in [3.05, 3.63) is 11.4 Å². The van der Waals surface area contributed by atoms with Gasteiger partial charge in [-0.3, -0.25) is 0 Å². The molecule has 1 unspecified atom stereocenters. The summed E-state index contributed by atoms with van der Waals surface area (Å²) in [4.78, 5) is 11.1. The van der Waals surface area contributed by atoms with Gasteiger partial charge in [-0.05, 0) is 33.1 Å². The van der Waals surface area contributed by atoms with Crippen LogP contribution in [0, 0.1) is 6.92 Å². The Morgan fingerprint density at radius 2 is 2.16 bits per heavy atom. The van der Waals surface area contributed by atoms with Gasteiger partial charge in [-0.25, -0.2) is 9.97 Å². The van der Waals surface area contributed by atoms with Crippen LogP contribution in [-0.4, -0.2) is 33.8 Å². The van der Waals surface area contributed by atoms with Crippen molar-refractivity contribution in [1.29, 1.82) is 0 Å². The average molecular weight is 264 g/mol. The average Bonchev–Trinajstić information content (AvgIpc) is 2.32. The molecule has 1 atom stereocenters. The van der Waals surface area contributed by atoms with Gasteiger partial charge < -0.3 is 15.7 Å². The van der Waals surface area contributed by atoms with Crippen molar-refractivity contribution in [2.75, 3.05) is 23.7 Å². The zero-order valence-corrected chi connectivity index (χ0v) is 12.1. The summed E-state index contributed by atoms with van der Waals surface area (Å²) in [5.41, 5.74) is 6.26. The number of piperidine rings is 1. The molecule has 2 heterocycles. The fourth-order valence-electron chi connectivity index (χ4n) is 2.61. The highest BCUT2D eigenvalue weighted by molar-refractivity contribution is 5.57. The lowest BCUT2D eigenvalue weighted by Gasteiger charge is -2.38. The van der Waals surface area contributed by atoms with E-state index in [1.807, 2.05) is 13.8 Å². The maximum atomic E-state index is 10.2. The number of nitrogens with two attached hydrogens (primary N) is 1. The van der Waals surface area contributed by atoms with Gasteiger partial charge >= 0.3 is 0 Å². The molecule has 0 amide bonds. The van der Waals surface area contributed by atoms with E-state index in [1.165, 1.54) is 0 Å². The van der Waals surface area contributed by atoms with E-state index in [-0.39, 0.29) is 0 Å². The SMILES string of the molecule is CCCc1nc(N)c(C)c(N2CCCC(C)(O)C2)n1. The first-order chi connectivity index (χ1) is 8.93. The lowest BCUT2D eigenvalue weighted by molar-refractivity contribution is 0.0446. The number of aliphatic hydroxyl groups is 1. The van der Waals surface area contributed by atoms with Gasteiger partial charge in [0.2, 0.25) is 0 Å². The van der Waals surface area contributed by atoms with Gasteiger partial charge in [0.15, 0.2) is 0 Å². The minimum absolute atomic E-state index is 0.554. The summed E-state index contributed by atoms with van der Waals surface area (Å²) < 4.78 is 0. The maximum Gasteiger partial charge on any atom is 0.137 e. The van der Waals surface area contributed by atoms with Gasteiger partial charge in [0.05, 0.1) is 5.60 Å². The maximum absolute atomic E-state index is 10.2. The van der Waals surface area contributed by atoms with Crippen LogP contribution in [0.25, 0.3) is 0 Å². The number of rotatable bonds is 3. The second-order valence-corrected chi connectivity index (χ2v) is 5.75. The Bertz CT molecular complexity index is 459. The highest BCUT2D eigenvalue weighted by Gasteiger charge is 2.30. The molecule has 0 aliphatic carbocycles. The highest BCUT2D eigenvalue weighted by atomic mass is 16.3. The van der Waals surface area contributed by atoms with Crippen molar-refractivity contribution < 1.29 is 5.11 Å². The van der Waals surface area contributed by atoms with E-state index >= 15 is 0 Å². The van der Waals surface area contributed by atoms with Crippen LogP contribution < -0.4 is 10.6 Å². The Morgan fingerprint density at radius 1 is 1.42 bits per heavy atom. The molecule has 0 aromatic carbocycles. The van der Waals surface area contributed by atoms with Crippen molar-refractivity contribution in [3.8, 4) is 0 Å². The molecule has 1 aromatic rings. The quantitative estimate of drug-likeness (QED) is 0.868. The van der Waals surface area contributed by atoms with Crippen LogP contribution in [0.3, 0.4) is 0 Å². The van der Waals surface area contributed by atoms with Crippen molar-refractivity contribution >= 4 is 11.6 Å². The third-order valence-corrected chi connectivity index (χ3v) is 3.65. The lowest BCUT2D eigenvalue weighted by atomic mass is 9.95. The summed E-state index contributed by atoms with van der Waals surface area (Å²) in [7, 11) is 0. The third-order valence-electron chi connectivity index (χ3n) is 3.65. The molecule has 1 aromatic heterocycles. The Balaban J connectivity index is 2.32. The molecule has 0 bridgehead atoms. The molecule has 0 radical (unpaired) electrons. The Kier molecular flexibility index (Phi) is 3.94. The molecule has 5 nitrogen and oxygen atoms in total. The van der Waals surface area contributed by atoms with Crippen LogP contribution in [-0.2, 0) is 6.42 Å². The predicted octanol–water partition coefficient (Wildman–Crippen LogP) is 1.67. The number of hydrogen-bond acceptors (Lipinski definition) is 5. The van der Waals surface area contributed by atoms with Crippen LogP contribution >= 0.6 is 0 Å². The van der Waals surface area contributed by atoms with E-state index in [4.69, 9.17) is 5.73 Å². The molecule has 1 fully saturated rings. The predicted molar refractivity (Wildman–Crippen MR) is 77.2 cm³/mol. The standard InChI is InChI=1S/C14H24N4O/c1-4-6-11-16-12(15)10(2)13(17-11)18-8-5-7-14(3,19)9-18/h19H,4-9H2,1-3H3,(H2,15,16,17). The van der Waals surface area contributed by atoms with Gasteiger partial charge in [0.1, 0.15) is 17.5 Å². The smallest absolute Gasteiger partial charge is 0.137 e. The summed E-state index contributed by atoms with van der Waals surface area (Å²) in [5.74, 6) is 2.24. The van der Waals surface area contributed by atoms with E-state index < -0.39 is 5.60 Å². The topological polar surface area (TPSA) is 75.3 Å². The van der Waals surface area contributed by atoms with E-state index in [2.05, 4.69) is 21.8 Å². The molecule has 1 saturated heterocycles. The van der Waals surface area contributed by atoms with Crippen LogP contribution in [0.5, 0.6) is 0 Å². The molecule has 3 N–H and O–H groups in total. The fourth-order valence-corrected chi connectivity index (χ4v) is 2.61. The molecule has 2 rings (SSSR count). The van der Waals surface area contributed by atoms with E-state index in [0.29, 0.717) is 12.4 Å². The van der Waals surface area contributed by atoms with Crippen LogP contribution in [0.4, 0.5) is 11.6 Å². The minimum atomic E-state index is -0.644. The van der Waals surface area contributed by atoms with Crippen LogP contribution in [0.1, 0.15) is 44.5 Å². The molecular weight excluding hydrogens is 240 g/mol. The molecule has 1 aliphatic rings. The summed E-state index contributed by atoms with van der Waals surface area (Å²) >= 11 is 0. The van der Waals surface area contributed by atoms with Gasteiger partial charge in [-0.1, -0.05) is 6.92 Å². The van der Waals surface area contributed by atoms with Crippen molar-refractivity contribution in [3.63, 3.8) is 0 Å². The molecule has 1 aliphatic heterocycles. The van der Waals surface area contributed by atoms with Crippen LogP contribution in [0.15, 0.2) is 0 Å². The number of anilines is 2. The number of nitrogens with zero attached hydrogens (tertiary/aromatic N) is 3. The Labute approximate surface area is 114 Å². The first-order valence-electron chi connectivity index (χ1n) is 7.03. The molecule has 106 valence electrons. The second kappa shape index (κ2) is 5.33. The lowest BCUT2D eigenvalue weighted by Crippen LogP contribution is -2.46. The van der Waals surface area contributed by atoms with Gasteiger partial charge in [0.25, 0.3) is 0 Å². The van der Waals surface area contributed by atoms with E-state index in [9.17, 15) is 5.11 Å².